The van der Waals surface area contributed by atoms with Crippen molar-refractivity contribution >= 4 is 21.6 Å². The highest BCUT2D eigenvalue weighted by Crippen LogP contribution is 2.28. The summed E-state index contributed by atoms with van der Waals surface area (Å²) < 4.78 is 38.3. The minimum Gasteiger partial charge on any atom is -0.236 e. The molecule has 7 heteroatoms. The van der Waals surface area contributed by atoms with Crippen molar-refractivity contribution in [1.29, 1.82) is 0 Å². The molecule has 0 aliphatic heterocycles. The number of fused-ring (bicyclic) bond motifs is 1. The highest BCUT2D eigenvalue weighted by molar-refractivity contribution is 9.10. The molecule has 74 valence electrons. The molecule has 0 unspecified atom stereocenters. The Morgan fingerprint density at radius 1 is 1.36 bits per heavy atom. The molecule has 0 aliphatic rings. The summed E-state index contributed by atoms with van der Waals surface area (Å²) in [6.07, 6.45) is -1.60. The molecule has 2 heterocycles. The molecule has 0 aromatic carbocycles. The standard InChI is InChI=1S/C7H3BrF3N3/c8-4-2-12-6-1-5(7(9,10)11)13-14(6)3-4/h1-3H. The lowest BCUT2D eigenvalue weighted by Crippen LogP contribution is -2.05. The molecular weight excluding hydrogens is 263 g/mol. The normalized spacial score (nSPS) is 12.3. The van der Waals surface area contributed by atoms with Gasteiger partial charge in [-0.3, -0.25) is 0 Å². The molecule has 0 N–H and O–H groups in total. The van der Waals surface area contributed by atoms with Crippen LogP contribution in [0, 0.1) is 0 Å². The van der Waals surface area contributed by atoms with E-state index in [-0.39, 0.29) is 5.65 Å². The molecule has 0 radical (unpaired) electrons. The fourth-order valence-corrected chi connectivity index (χ4v) is 1.29. The first kappa shape index (κ1) is 9.45. The van der Waals surface area contributed by atoms with E-state index in [1.807, 2.05) is 0 Å². The lowest BCUT2D eigenvalue weighted by Gasteiger charge is -1.98. The van der Waals surface area contributed by atoms with Gasteiger partial charge in [0.15, 0.2) is 11.3 Å². The van der Waals surface area contributed by atoms with Crippen LogP contribution in [0.15, 0.2) is 22.9 Å². The summed E-state index contributed by atoms with van der Waals surface area (Å²) in [6.45, 7) is 0. The maximum atomic E-state index is 12.2. The van der Waals surface area contributed by atoms with E-state index in [1.165, 1.54) is 12.4 Å². The minimum atomic E-state index is -4.43. The molecule has 0 bridgehead atoms. The van der Waals surface area contributed by atoms with Crippen LogP contribution in [-0.4, -0.2) is 14.6 Å². The van der Waals surface area contributed by atoms with Crippen LogP contribution in [0.4, 0.5) is 13.2 Å². The summed E-state index contributed by atoms with van der Waals surface area (Å²) in [4.78, 5) is 3.77. The Bertz CT molecular complexity index is 476. The monoisotopic (exact) mass is 265 g/mol. The van der Waals surface area contributed by atoms with Crippen molar-refractivity contribution in [3.05, 3.63) is 28.6 Å². The van der Waals surface area contributed by atoms with Crippen molar-refractivity contribution in [2.75, 3.05) is 0 Å². The second-order valence-corrected chi connectivity index (χ2v) is 3.52. The predicted molar refractivity (Wildman–Crippen MR) is 45.7 cm³/mol. The first-order valence-electron chi connectivity index (χ1n) is 3.55. The van der Waals surface area contributed by atoms with Gasteiger partial charge in [-0.15, -0.1) is 0 Å². The number of aromatic nitrogens is 3. The quantitative estimate of drug-likeness (QED) is 0.733. The maximum Gasteiger partial charge on any atom is 0.435 e. The van der Waals surface area contributed by atoms with Crippen LogP contribution in [-0.2, 0) is 6.18 Å². The topological polar surface area (TPSA) is 30.2 Å². The van der Waals surface area contributed by atoms with Gasteiger partial charge in [0, 0.05) is 18.5 Å². The van der Waals surface area contributed by atoms with E-state index in [0.29, 0.717) is 4.47 Å². The zero-order chi connectivity index (χ0) is 10.3. The summed E-state index contributed by atoms with van der Waals surface area (Å²) in [5.41, 5.74) is -0.774. The van der Waals surface area contributed by atoms with Gasteiger partial charge < -0.3 is 0 Å². The van der Waals surface area contributed by atoms with E-state index in [4.69, 9.17) is 0 Å². The molecule has 0 amide bonds. The maximum absolute atomic E-state index is 12.2. The van der Waals surface area contributed by atoms with Crippen LogP contribution in [0.25, 0.3) is 5.65 Å². The molecule has 14 heavy (non-hydrogen) atoms. The minimum absolute atomic E-state index is 0.167. The van der Waals surface area contributed by atoms with E-state index in [9.17, 15) is 13.2 Å². The van der Waals surface area contributed by atoms with Crippen molar-refractivity contribution in [2.24, 2.45) is 0 Å². The van der Waals surface area contributed by atoms with Crippen molar-refractivity contribution in [2.45, 2.75) is 6.18 Å². The summed E-state index contributed by atoms with van der Waals surface area (Å²) in [7, 11) is 0. The molecular formula is C7H3BrF3N3. The third-order valence-corrected chi connectivity index (χ3v) is 1.98. The summed E-state index contributed by atoms with van der Waals surface area (Å²) in [5, 5.41) is 3.34. The van der Waals surface area contributed by atoms with Crippen molar-refractivity contribution < 1.29 is 13.2 Å². The van der Waals surface area contributed by atoms with Crippen molar-refractivity contribution in [3.63, 3.8) is 0 Å². The first-order chi connectivity index (χ1) is 6.47. The zero-order valence-corrected chi connectivity index (χ0v) is 8.17. The van der Waals surface area contributed by atoms with Crippen molar-refractivity contribution in [1.82, 2.24) is 14.6 Å². The third kappa shape index (κ3) is 1.59. The van der Waals surface area contributed by atoms with Crippen LogP contribution < -0.4 is 0 Å². The zero-order valence-electron chi connectivity index (χ0n) is 6.59. The number of hydrogen-bond acceptors (Lipinski definition) is 2. The lowest BCUT2D eigenvalue weighted by atomic mass is 10.4. The number of rotatable bonds is 0. The van der Waals surface area contributed by atoms with Gasteiger partial charge in [0.2, 0.25) is 0 Å². The summed E-state index contributed by atoms with van der Waals surface area (Å²) in [6, 6.07) is 0.895. The van der Waals surface area contributed by atoms with Gasteiger partial charge in [0.1, 0.15) is 0 Å². The van der Waals surface area contributed by atoms with E-state index >= 15 is 0 Å². The second kappa shape index (κ2) is 2.94. The van der Waals surface area contributed by atoms with Gasteiger partial charge in [0.05, 0.1) is 4.47 Å². The number of hydrogen-bond donors (Lipinski definition) is 0. The molecule has 0 aliphatic carbocycles. The molecule has 0 spiro atoms. The largest absolute Gasteiger partial charge is 0.435 e. The molecule has 2 rings (SSSR count). The Hall–Kier alpha value is -1.11. The lowest BCUT2D eigenvalue weighted by molar-refractivity contribution is -0.141. The van der Waals surface area contributed by atoms with E-state index in [2.05, 4.69) is 26.0 Å². The van der Waals surface area contributed by atoms with Gasteiger partial charge >= 0.3 is 6.18 Å². The van der Waals surface area contributed by atoms with Crippen LogP contribution in [0.2, 0.25) is 0 Å². The number of nitrogens with zero attached hydrogens (tertiary/aromatic N) is 3. The fourth-order valence-electron chi connectivity index (χ4n) is 0.992. The Morgan fingerprint density at radius 3 is 2.71 bits per heavy atom. The highest BCUT2D eigenvalue weighted by Gasteiger charge is 2.34. The van der Waals surface area contributed by atoms with Gasteiger partial charge in [-0.25, -0.2) is 9.50 Å². The van der Waals surface area contributed by atoms with E-state index in [0.717, 1.165) is 10.6 Å². The fraction of sp³-hybridized carbons (Fsp3) is 0.143. The SMILES string of the molecule is FC(F)(F)c1cc2ncc(Br)cn2n1. The van der Waals surface area contributed by atoms with E-state index in [1.54, 1.807) is 0 Å². The molecule has 0 saturated heterocycles. The van der Waals surface area contributed by atoms with Crippen LogP contribution in [0.3, 0.4) is 0 Å². The Labute approximate surface area is 84.7 Å². The van der Waals surface area contributed by atoms with E-state index < -0.39 is 11.9 Å². The molecule has 2 aromatic heterocycles. The summed E-state index contributed by atoms with van der Waals surface area (Å²) in [5.74, 6) is 0. The smallest absolute Gasteiger partial charge is 0.236 e. The van der Waals surface area contributed by atoms with Gasteiger partial charge in [-0.05, 0) is 15.9 Å². The van der Waals surface area contributed by atoms with Gasteiger partial charge in [0.25, 0.3) is 0 Å². The Morgan fingerprint density at radius 2 is 2.07 bits per heavy atom. The number of halogens is 4. The highest BCUT2D eigenvalue weighted by atomic mass is 79.9. The van der Waals surface area contributed by atoms with Crippen LogP contribution >= 0.6 is 15.9 Å². The molecule has 2 aromatic rings. The molecule has 0 fully saturated rings. The molecule has 3 nitrogen and oxygen atoms in total. The summed E-state index contributed by atoms with van der Waals surface area (Å²) >= 11 is 3.09. The molecule has 0 saturated carbocycles. The van der Waals surface area contributed by atoms with Gasteiger partial charge in [-0.1, -0.05) is 0 Å². The predicted octanol–water partition coefficient (Wildman–Crippen LogP) is 2.51. The molecule has 0 atom stereocenters. The Balaban J connectivity index is 2.63. The van der Waals surface area contributed by atoms with Crippen molar-refractivity contribution in [3.8, 4) is 0 Å². The second-order valence-electron chi connectivity index (χ2n) is 2.60. The first-order valence-corrected chi connectivity index (χ1v) is 4.34. The number of alkyl halides is 3. The Kier molecular flexibility index (Phi) is 1.99. The average Bonchev–Trinajstić information content (AvgIpc) is 2.45. The average molecular weight is 266 g/mol. The van der Waals surface area contributed by atoms with Crippen LogP contribution in [0.5, 0.6) is 0 Å². The third-order valence-electron chi connectivity index (χ3n) is 1.57. The van der Waals surface area contributed by atoms with Gasteiger partial charge in [-0.2, -0.15) is 18.3 Å². The van der Waals surface area contributed by atoms with Crippen LogP contribution in [0.1, 0.15) is 5.69 Å².